The summed E-state index contributed by atoms with van der Waals surface area (Å²) in [6.07, 6.45) is 5.34. The van der Waals surface area contributed by atoms with Crippen molar-refractivity contribution in [1.29, 1.82) is 0 Å². The van der Waals surface area contributed by atoms with Gasteiger partial charge in [-0.25, -0.2) is 4.79 Å². The lowest BCUT2D eigenvalue weighted by Gasteiger charge is -2.56. The number of rotatable bonds is 2. The van der Waals surface area contributed by atoms with Crippen LogP contribution in [0, 0.1) is 11.3 Å². The Balaban J connectivity index is 1.62. The second-order valence-corrected chi connectivity index (χ2v) is 6.41. The van der Waals surface area contributed by atoms with Crippen molar-refractivity contribution in [1.82, 2.24) is 9.80 Å². The van der Waals surface area contributed by atoms with Crippen LogP contribution in [0.25, 0.3) is 0 Å². The lowest BCUT2D eigenvalue weighted by atomic mass is 9.58. The van der Waals surface area contributed by atoms with Crippen molar-refractivity contribution in [3.05, 3.63) is 0 Å². The summed E-state index contributed by atoms with van der Waals surface area (Å²) in [4.78, 5) is 26.6. The van der Waals surface area contributed by atoms with E-state index in [1.165, 1.54) is 4.90 Å². The highest BCUT2D eigenvalue weighted by Gasteiger charge is 2.52. The summed E-state index contributed by atoms with van der Waals surface area (Å²) >= 11 is 0. The fraction of sp³-hybridized carbons (Fsp3) is 0.857. The minimum atomic E-state index is -0.812. The highest BCUT2D eigenvalue weighted by molar-refractivity contribution is 5.81. The summed E-state index contributed by atoms with van der Waals surface area (Å²) in [6, 6.07) is 0.344. The molecule has 3 fully saturated rings. The van der Waals surface area contributed by atoms with E-state index in [0.717, 1.165) is 38.5 Å². The Kier molecular flexibility index (Phi) is 2.95. The largest absolute Gasteiger partial charge is 0.465 e. The van der Waals surface area contributed by atoms with Crippen LogP contribution in [0.5, 0.6) is 0 Å². The van der Waals surface area contributed by atoms with E-state index in [9.17, 15) is 9.59 Å². The average molecular weight is 266 g/mol. The van der Waals surface area contributed by atoms with E-state index in [4.69, 9.17) is 5.11 Å². The van der Waals surface area contributed by atoms with Crippen molar-refractivity contribution in [2.45, 2.75) is 44.6 Å². The van der Waals surface area contributed by atoms with Gasteiger partial charge in [0.15, 0.2) is 0 Å². The molecule has 0 bridgehead atoms. The number of likely N-dealkylation sites (tertiary alicyclic amines) is 1. The molecule has 3 aliphatic rings. The highest BCUT2D eigenvalue weighted by Crippen LogP contribution is 2.52. The van der Waals surface area contributed by atoms with Gasteiger partial charge in [-0.1, -0.05) is 0 Å². The smallest absolute Gasteiger partial charge is 0.407 e. The van der Waals surface area contributed by atoms with Crippen LogP contribution in [-0.2, 0) is 4.79 Å². The zero-order valence-corrected chi connectivity index (χ0v) is 11.5. The molecule has 0 aromatic carbocycles. The highest BCUT2D eigenvalue weighted by atomic mass is 16.4. The molecular formula is C14H22N2O3. The Morgan fingerprint density at radius 1 is 1.16 bits per heavy atom. The molecule has 2 aliphatic carbocycles. The molecule has 106 valence electrons. The predicted molar refractivity (Wildman–Crippen MR) is 69.8 cm³/mol. The maximum Gasteiger partial charge on any atom is 0.407 e. The number of amides is 2. The first-order valence-corrected chi connectivity index (χ1v) is 7.28. The predicted octanol–water partition coefficient (Wildman–Crippen LogP) is 1.78. The molecule has 1 unspecified atom stereocenters. The van der Waals surface area contributed by atoms with Gasteiger partial charge in [0.25, 0.3) is 0 Å². The second-order valence-electron chi connectivity index (χ2n) is 6.41. The molecule has 5 nitrogen and oxygen atoms in total. The van der Waals surface area contributed by atoms with E-state index >= 15 is 0 Å². The maximum atomic E-state index is 12.2. The number of hydrogen-bond acceptors (Lipinski definition) is 2. The summed E-state index contributed by atoms with van der Waals surface area (Å²) in [5.41, 5.74) is 0.200. The lowest BCUT2D eigenvalue weighted by molar-refractivity contribution is -0.143. The summed E-state index contributed by atoms with van der Waals surface area (Å²) in [5, 5.41) is 9.00. The molecular weight excluding hydrogens is 244 g/mol. The normalized spacial score (nSPS) is 28.9. The molecule has 1 spiro atoms. The Bertz CT molecular complexity index is 397. The second kappa shape index (κ2) is 4.39. The molecule has 0 radical (unpaired) electrons. The summed E-state index contributed by atoms with van der Waals surface area (Å²) < 4.78 is 0. The van der Waals surface area contributed by atoms with E-state index < -0.39 is 6.09 Å². The number of nitrogens with zero attached hydrogens (tertiary/aromatic N) is 2. The molecule has 19 heavy (non-hydrogen) atoms. The first kappa shape index (κ1) is 12.8. The van der Waals surface area contributed by atoms with E-state index in [1.54, 1.807) is 0 Å². The van der Waals surface area contributed by atoms with Gasteiger partial charge in [-0.3, -0.25) is 4.79 Å². The lowest BCUT2D eigenvalue weighted by Crippen LogP contribution is -2.60. The molecule has 0 aromatic rings. The van der Waals surface area contributed by atoms with E-state index in [0.29, 0.717) is 25.0 Å². The topological polar surface area (TPSA) is 60.9 Å². The van der Waals surface area contributed by atoms with E-state index in [-0.39, 0.29) is 11.3 Å². The van der Waals surface area contributed by atoms with Crippen molar-refractivity contribution in [2.75, 3.05) is 20.1 Å². The molecule has 0 aromatic heterocycles. The van der Waals surface area contributed by atoms with Crippen molar-refractivity contribution >= 4 is 12.0 Å². The SMILES string of the molecule is CN(C(=O)C1CC1)C1CCC12CCN(C(=O)O)CC2. The third-order valence-corrected chi connectivity index (χ3v) is 5.39. The number of hydrogen-bond donors (Lipinski definition) is 1. The molecule has 3 rings (SSSR count). The fourth-order valence-corrected chi connectivity index (χ4v) is 3.78. The Morgan fingerprint density at radius 3 is 2.21 bits per heavy atom. The van der Waals surface area contributed by atoms with Gasteiger partial charge in [-0.15, -0.1) is 0 Å². The standard InChI is InChI=1S/C14H22N2O3/c1-15(12(17)10-2-3-10)11-4-5-14(11)6-8-16(9-7-14)13(18)19/h10-11H,2-9H2,1H3,(H,18,19). The Labute approximate surface area is 113 Å². The molecule has 1 atom stereocenters. The zero-order chi connectivity index (χ0) is 13.6. The van der Waals surface area contributed by atoms with Gasteiger partial charge >= 0.3 is 6.09 Å². The Morgan fingerprint density at radius 2 is 1.79 bits per heavy atom. The zero-order valence-electron chi connectivity index (χ0n) is 11.5. The Hall–Kier alpha value is -1.26. The molecule has 1 aliphatic heterocycles. The molecule has 2 amide bonds. The van der Waals surface area contributed by atoms with Crippen molar-refractivity contribution < 1.29 is 14.7 Å². The maximum absolute atomic E-state index is 12.2. The summed E-state index contributed by atoms with van der Waals surface area (Å²) in [5.74, 6) is 0.589. The van der Waals surface area contributed by atoms with Gasteiger partial charge in [0.1, 0.15) is 0 Å². The van der Waals surface area contributed by atoms with Crippen LogP contribution in [0.1, 0.15) is 38.5 Å². The molecule has 5 heteroatoms. The quantitative estimate of drug-likeness (QED) is 0.828. The average Bonchev–Trinajstić information content (AvgIpc) is 3.20. The van der Waals surface area contributed by atoms with Crippen molar-refractivity contribution in [2.24, 2.45) is 11.3 Å². The number of carbonyl (C=O) groups is 2. The summed E-state index contributed by atoms with van der Waals surface area (Å²) in [7, 11) is 1.94. The van der Waals surface area contributed by atoms with Crippen LogP contribution in [0.15, 0.2) is 0 Å². The third kappa shape index (κ3) is 2.09. The molecule has 1 heterocycles. The van der Waals surface area contributed by atoms with Crippen LogP contribution in [0.2, 0.25) is 0 Å². The number of piperidine rings is 1. The first-order valence-electron chi connectivity index (χ1n) is 7.28. The molecule has 1 saturated heterocycles. The van der Waals surface area contributed by atoms with Crippen LogP contribution < -0.4 is 0 Å². The van der Waals surface area contributed by atoms with E-state index in [1.807, 2.05) is 11.9 Å². The van der Waals surface area contributed by atoms with Crippen molar-refractivity contribution in [3.63, 3.8) is 0 Å². The van der Waals surface area contributed by atoms with Crippen LogP contribution in [-0.4, -0.2) is 53.1 Å². The fourth-order valence-electron chi connectivity index (χ4n) is 3.78. The van der Waals surface area contributed by atoms with Gasteiger partial charge in [0.2, 0.25) is 5.91 Å². The van der Waals surface area contributed by atoms with Crippen LogP contribution in [0.3, 0.4) is 0 Å². The number of carbonyl (C=O) groups excluding carboxylic acids is 1. The van der Waals surface area contributed by atoms with Gasteiger partial charge in [-0.05, 0) is 43.9 Å². The van der Waals surface area contributed by atoms with Crippen LogP contribution >= 0.6 is 0 Å². The molecule has 1 N–H and O–H groups in total. The van der Waals surface area contributed by atoms with E-state index in [2.05, 4.69) is 0 Å². The number of carboxylic acid groups (broad SMARTS) is 1. The van der Waals surface area contributed by atoms with Crippen LogP contribution in [0.4, 0.5) is 4.79 Å². The van der Waals surface area contributed by atoms with Gasteiger partial charge in [0, 0.05) is 32.1 Å². The molecule has 2 saturated carbocycles. The first-order chi connectivity index (χ1) is 9.03. The van der Waals surface area contributed by atoms with Gasteiger partial charge in [0.05, 0.1) is 0 Å². The monoisotopic (exact) mass is 266 g/mol. The minimum Gasteiger partial charge on any atom is -0.465 e. The third-order valence-electron chi connectivity index (χ3n) is 5.39. The van der Waals surface area contributed by atoms with Crippen molar-refractivity contribution in [3.8, 4) is 0 Å². The van der Waals surface area contributed by atoms with Gasteiger partial charge < -0.3 is 14.9 Å². The van der Waals surface area contributed by atoms with Gasteiger partial charge in [-0.2, -0.15) is 0 Å². The summed E-state index contributed by atoms with van der Waals surface area (Å²) in [6.45, 7) is 1.24. The minimum absolute atomic E-state index is 0.200.